The number of halogens is 2. The average molecular weight is 841 g/mol. The maximum atomic E-state index is 15.1. The van der Waals surface area contributed by atoms with Crippen LogP contribution in [0.15, 0.2) is 82.9 Å². The maximum absolute atomic E-state index is 15.1. The lowest BCUT2D eigenvalue weighted by Gasteiger charge is -2.49. The van der Waals surface area contributed by atoms with Crippen molar-refractivity contribution in [1.82, 2.24) is 9.78 Å². The summed E-state index contributed by atoms with van der Waals surface area (Å²) in [5.74, 6) is -5.80. The molecule has 4 aliphatic rings. The molecule has 1 saturated carbocycles. The number of carbonyl (C=O) groups is 4. The van der Waals surface area contributed by atoms with Gasteiger partial charge in [-0.1, -0.05) is 45.2 Å². The number of anilines is 2. The Morgan fingerprint density at radius 1 is 1.00 bits per heavy atom. The van der Waals surface area contributed by atoms with Gasteiger partial charge in [0.15, 0.2) is 0 Å². The summed E-state index contributed by atoms with van der Waals surface area (Å²) in [4.78, 5) is 72.4. The minimum absolute atomic E-state index is 0.0780. The molecule has 0 radical (unpaired) electrons. The number of phenols is 1. The number of phenolic OH excluding ortho intramolecular Hbond substituents is 1. The van der Waals surface area contributed by atoms with Crippen molar-refractivity contribution in [3.63, 3.8) is 0 Å². The molecule has 3 fully saturated rings. The highest BCUT2D eigenvalue weighted by molar-refractivity contribution is 9.10. The van der Waals surface area contributed by atoms with E-state index in [0.29, 0.717) is 26.3 Å². The zero-order valence-corrected chi connectivity index (χ0v) is 32.7. The Labute approximate surface area is 331 Å². The smallest absolute Gasteiger partial charge is 0.271 e. The number of hydrogen-bond acceptors (Lipinski definition) is 9. The van der Waals surface area contributed by atoms with E-state index in [9.17, 15) is 29.6 Å². The Kier molecular flexibility index (Phi) is 8.02. The normalized spacial score (nSPS) is 26.1. The van der Waals surface area contributed by atoms with E-state index in [0.717, 1.165) is 25.4 Å². The Hall–Kier alpha value is -5.18. The number of fused-ring (bicyclic) bond motifs is 5. The minimum atomic E-state index is -1.40. The number of imide groups is 2. The molecule has 12 nitrogen and oxygen atoms in total. The molecule has 2 aromatic heterocycles. The third kappa shape index (κ3) is 5.03. The second kappa shape index (κ2) is 12.4. The molecule has 0 spiro atoms. The first-order chi connectivity index (χ1) is 26.2. The summed E-state index contributed by atoms with van der Waals surface area (Å²) in [6.45, 7) is 3.73. The molecular weight excluding hydrogens is 810 g/mol. The third-order valence-electron chi connectivity index (χ3n) is 12.1. The predicted molar refractivity (Wildman–Crippen MR) is 210 cm³/mol. The molecule has 15 heteroatoms. The van der Waals surface area contributed by atoms with E-state index in [1.807, 2.05) is 31.2 Å². The molecule has 2 aliphatic heterocycles. The number of aryl methyl sites for hydroxylation is 2. The van der Waals surface area contributed by atoms with Crippen molar-refractivity contribution < 1.29 is 29.2 Å². The van der Waals surface area contributed by atoms with Gasteiger partial charge in [0.25, 0.3) is 5.69 Å². The number of aromatic nitrogens is 2. The molecule has 9 rings (SSSR count). The van der Waals surface area contributed by atoms with E-state index in [1.165, 1.54) is 51.3 Å². The van der Waals surface area contributed by atoms with Crippen LogP contribution in [0.4, 0.5) is 17.2 Å². The van der Waals surface area contributed by atoms with Gasteiger partial charge in [-0.15, -0.1) is 11.3 Å². The van der Waals surface area contributed by atoms with Crippen molar-refractivity contribution in [2.75, 3.05) is 9.80 Å². The second-order valence-corrected chi connectivity index (χ2v) is 17.3. The Morgan fingerprint density at radius 3 is 2.55 bits per heavy atom. The van der Waals surface area contributed by atoms with Crippen LogP contribution in [-0.2, 0) is 26.2 Å². The molecule has 1 N–H and O–H groups in total. The minimum Gasteiger partial charge on any atom is -0.508 e. The average Bonchev–Trinajstić information content (AvgIpc) is 3.82. The Morgan fingerprint density at radius 2 is 1.78 bits per heavy atom. The van der Waals surface area contributed by atoms with Gasteiger partial charge >= 0.3 is 0 Å². The first kappa shape index (κ1) is 35.5. The highest BCUT2D eigenvalue weighted by atomic mass is 79.9. The number of nitro groups is 1. The fraction of sp³-hybridized carbons (Fsp3) is 0.275. The number of aromatic hydroxyl groups is 1. The van der Waals surface area contributed by atoms with Crippen molar-refractivity contribution in [2.45, 2.75) is 32.6 Å². The number of allylic oxidation sites excluding steroid dienone is 2. The lowest BCUT2D eigenvalue weighted by molar-refractivity contribution is -0.384. The van der Waals surface area contributed by atoms with Crippen molar-refractivity contribution in [3.05, 3.63) is 109 Å². The molecule has 5 aromatic rings. The van der Waals surface area contributed by atoms with Gasteiger partial charge in [-0.25, -0.2) is 9.80 Å². The number of amides is 4. The molecule has 0 bridgehead atoms. The molecule has 2 aliphatic carbocycles. The quantitative estimate of drug-likeness (QED) is 0.0806. The molecule has 278 valence electrons. The van der Waals surface area contributed by atoms with Crippen molar-refractivity contribution in [1.29, 1.82) is 0 Å². The van der Waals surface area contributed by atoms with Gasteiger partial charge in [0.1, 0.15) is 17.3 Å². The summed E-state index contributed by atoms with van der Waals surface area (Å²) in [5.41, 5.74) is 1.11. The van der Waals surface area contributed by atoms with E-state index < -0.39 is 63.6 Å². The van der Waals surface area contributed by atoms with Crippen LogP contribution in [0.2, 0.25) is 5.02 Å². The zero-order chi connectivity index (χ0) is 38.8. The van der Waals surface area contributed by atoms with Gasteiger partial charge < -0.3 is 5.11 Å². The summed E-state index contributed by atoms with van der Waals surface area (Å²) in [6.07, 6.45) is 2.16. The zero-order valence-electron chi connectivity index (χ0n) is 29.5. The summed E-state index contributed by atoms with van der Waals surface area (Å²) >= 11 is 11.4. The van der Waals surface area contributed by atoms with E-state index in [-0.39, 0.29) is 35.8 Å². The van der Waals surface area contributed by atoms with Crippen molar-refractivity contribution >= 4 is 89.8 Å². The van der Waals surface area contributed by atoms with Gasteiger partial charge in [0.2, 0.25) is 23.6 Å². The van der Waals surface area contributed by atoms with E-state index >= 15 is 4.79 Å². The first-order valence-corrected chi connectivity index (χ1v) is 19.6. The van der Waals surface area contributed by atoms with E-state index in [4.69, 9.17) is 16.7 Å². The van der Waals surface area contributed by atoms with Gasteiger partial charge in [-0.2, -0.15) is 5.10 Å². The molecule has 2 saturated heterocycles. The summed E-state index contributed by atoms with van der Waals surface area (Å²) in [7, 11) is 1.68. The monoisotopic (exact) mass is 839 g/mol. The summed E-state index contributed by atoms with van der Waals surface area (Å²) in [5, 5.41) is 29.4. The maximum Gasteiger partial charge on any atom is 0.271 e. The number of non-ortho nitro benzene ring substituents is 1. The fourth-order valence-electron chi connectivity index (χ4n) is 9.55. The van der Waals surface area contributed by atoms with Crippen LogP contribution in [-0.4, -0.2) is 43.4 Å². The van der Waals surface area contributed by atoms with Gasteiger partial charge in [-0.05, 0) is 86.0 Å². The second-order valence-electron chi connectivity index (χ2n) is 14.9. The number of benzene rings is 3. The number of nitro benzene ring substituents is 1. The highest BCUT2D eigenvalue weighted by Crippen LogP contribution is 2.64. The van der Waals surface area contributed by atoms with Crippen molar-refractivity contribution in [3.8, 4) is 16.3 Å². The molecule has 4 heterocycles. The van der Waals surface area contributed by atoms with Gasteiger partial charge in [-0.3, -0.25) is 34.0 Å². The molecule has 3 aromatic carbocycles. The van der Waals surface area contributed by atoms with E-state index in [2.05, 4.69) is 15.9 Å². The SMILES string of the molecule is Cc1c(-c2cc(N3C(=O)[C@@H]4C[C@@H]5C(=CC[C@@H]6C(=O)N(c7cccc([N+](=O)[O-])c7)C(=O)[C@@H]65)[C@H](c5cc(Br)ccc5O)[C@]4(C)C3=O)n(C)n2)sc2ccc(Cl)cc12. The van der Waals surface area contributed by atoms with Crippen LogP contribution in [0, 0.1) is 46.1 Å². The Bertz CT molecular complexity index is 2620. The Balaban J connectivity index is 1.15. The van der Waals surface area contributed by atoms with Crippen LogP contribution in [0.5, 0.6) is 5.75 Å². The number of nitrogens with zero attached hydrogens (tertiary/aromatic N) is 5. The number of thiophene rings is 1. The van der Waals surface area contributed by atoms with Crippen LogP contribution in [0.3, 0.4) is 0 Å². The van der Waals surface area contributed by atoms with E-state index in [1.54, 1.807) is 32.2 Å². The topological polar surface area (TPSA) is 156 Å². The van der Waals surface area contributed by atoms with Crippen LogP contribution < -0.4 is 9.80 Å². The standard InChI is InChI=1S/C40H31BrClN5O7S/c1-18-25-14-20(42)8-12-31(25)55-35(18)29-17-32(44(3)43-29)46-37(50)28-16-26-23(34(40(28,2)39(46)52)27-13-19(41)7-11-30(27)48)9-10-24-33(26)38(51)45(36(24)49)21-5-4-6-22(15-21)47(53)54/h4-9,11-15,17,24,26,28,33-34,48H,10,16H2,1-3H3/t24-,26+,28-,33-,34+,40+/m0/s1. The molecule has 0 unspecified atom stereocenters. The number of rotatable bonds is 5. The summed E-state index contributed by atoms with van der Waals surface area (Å²) < 4.78 is 3.18. The van der Waals surface area contributed by atoms with Gasteiger partial charge in [0, 0.05) is 50.9 Å². The summed E-state index contributed by atoms with van der Waals surface area (Å²) in [6, 6.07) is 17.7. The fourth-order valence-corrected chi connectivity index (χ4v) is 11.2. The molecule has 6 atom stereocenters. The highest BCUT2D eigenvalue weighted by Gasteiger charge is 2.68. The molecule has 4 amide bonds. The predicted octanol–water partition coefficient (Wildman–Crippen LogP) is 8.08. The number of carbonyl (C=O) groups excluding carboxylic acids is 4. The molecule has 55 heavy (non-hydrogen) atoms. The van der Waals surface area contributed by atoms with Crippen LogP contribution >= 0.6 is 38.9 Å². The lowest BCUT2D eigenvalue weighted by Crippen LogP contribution is -2.49. The largest absolute Gasteiger partial charge is 0.508 e. The van der Waals surface area contributed by atoms with Crippen LogP contribution in [0.1, 0.15) is 36.8 Å². The number of hydrogen-bond donors (Lipinski definition) is 1. The lowest BCUT2D eigenvalue weighted by atomic mass is 9.51. The van der Waals surface area contributed by atoms with Gasteiger partial charge in [0.05, 0.1) is 38.7 Å². The third-order valence-corrected chi connectivity index (χ3v) is 14.1. The molecular formula is C40H31BrClN5O7S. The first-order valence-electron chi connectivity index (χ1n) is 17.6. The van der Waals surface area contributed by atoms with Crippen molar-refractivity contribution in [2.24, 2.45) is 36.1 Å². The van der Waals surface area contributed by atoms with Crippen LogP contribution in [0.25, 0.3) is 20.7 Å².